The number of carbonyl (C=O) groups excluding carboxylic acids is 1. The van der Waals surface area contributed by atoms with Crippen molar-refractivity contribution in [2.45, 2.75) is 6.54 Å². The van der Waals surface area contributed by atoms with Gasteiger partial charge in [-0.25, -0.2) is 0 Å². The van der Waals surface area contributed by atoms with Gasteiger partial charge in [-0.3, -0.25) is 4.79 Å². The van der Waals surface area contributed by atoms with Crippen molar-refractivity contribution in [3.8, 4) is 0 Å². The molecule has 0 unspecified atom stereocenters. The van der Waals surface area contributed by atoms with Crippen LogP contribution in [0.5, 0.6) is 0 Å². The number of rotatable bonds is 2. The van der Waals surface area contributed by atoms with E-state index in [4.69, 9.17) is 15.0 Å². The Hall–Kier alpha value is -1.47. The molecule has 15 heavy (non-hydrogen) atoms. The molecule has 2 rings (SSSR count). The van der Waals surface area contributed by atoms with Gasteiger partial charge in [-0.05, 0) is 0 Å². The maximum absolute atomic E-state index is 11.8. The summed E-state index contributed by atoms with van der Waals surface area (Å²) >= 11 is 0. The summed E-state index contributed by atoms with van der Waals surface area (Å²) in [6.07, 6.45) is 0. The number of nitrogens with zero attached hydrogens (tertiary/aromatic N) is 3. The molecule has 1 amide bonds. The molecular formula is C8H12N4O3. The molecule has 0 radical (unpaired) electrons. The number of carbonyl (C=O) groups is 1. The Morgan fingerprint density at radius 3 is 2.80 bits per heavy atom. The Balaban J connectivity index is 2.05. The van der Waals surface area contributed by atoms with Gasteiger partial charge in [0.05, 0.1) is 19.8 Å². The SMILES string of the molecule is NCc1nc(C(=O)N2CCOCC2)no1. The molecule has 2 heterocycles. The van der Waals surface area contributed by atoms with Crippen LogP contribution in [0.15, 0.2) is 4.52 Å². The number of hydrogen-bond donors (Lipinski definition) is 1. The molecule has 0 spiro atoms. The first-order valence-electron chi connectivity index (χ1n) is 4.71. The molecule has 0 aromatic carbocycles. The van der Waals surface area contributed by atoms with Crippen LogP contribution in [0.4, 0.5) is 0 Å². The lowest BCUT2D eigenvalue weighted by Gasteiger charge is -2.25. The summed E-state index contributed by atoms with van der Waals surface area (Å²) in [4.78, 5) is 17.3. The van der Waals surface area contributed by atoms with Crippen molar-refractivity contribution in [3.05, 3.63) is 11.7 Å². The average molecular weight is 212 g/mol. The number of aromatic nitrogens is 2. The van der Waals surface area contributed by atoms with Crippen molar-refractivity contribution in [3.63, 3.8) is 0 Å². The van der Waals surface area contributed by atoms with E-state index in [0.717, 1.165) is 0 Å². The van der Waals surface area contributed by atoms with E-state index in [1.807, 2.05) is 0 Å². The molecule has 1 aliphatic heterocycles. The van der Waals surface area contributed by atoms with Crippen LogP contribution < -0.4 is 5.73 Å². The van der Waals surface area contributed by atoms with Crippen LogP contribution in [0.3, 0.4) is 0 Å². The summed E-state index contributed by atoms with van der Waals surface area (Å²) in [5, 5.41) is 3.56. The standard InChI is InChI=1S/C8H12N4O3/c9-5-6-10-7(11-15-6)8(13)12-1-3-14-4-2-12/h1-5,9H2. The Labute approximate surface area is 86.2 Å². The molecule has 1 aliphatic rings. The third-order valence-electron chi connectivity index (χ3n) is 2.13. The molecule has 0 saturated carbocycles. The van der Waals surface area contributed by atoms with Crippen LogP contribution in [0, 0.1) is 0 Å². The molecule has 1 saturated heterocycles. The second-order valence-electron chi connectivity index (χ2n) is 3.12. The first-order chi connectivity index (χ1) is 7.31. The van der Waals surface area contributed by atoms with Crippen molar-refractivity contribution < 1.29 is 14.1 Å². The summed E-state index contributed by atoms with van der Waals surface area (Å²) in [6, 6.07) is 0. The molecule has 7 heteroatoms. The molecule has 1 aromatic heterocycles. The monoisotopic (exact) mass is 212 g/mol. The zero-order chi connectivity index (χ0) is 10.7. The number of morpholine rings is 1. The maximum atomic E-state index is 11.8. The lowest BCUT2D eigenvalue weighted by atomic mass is 10.4. The Morgan fingerprint density at radius 2 is 2.20 bits per heavy atom. The summed E-state index contributed by atoms with van der Waals surface area (Å²) in [6.45, 7) is 2.36. The van der Waals surface area contributed by atoms with Gasteiger partial charge in [0.1, 0.15) is 0 Å². The van der Waals surface area contributed by atoms with Gasteiger partial charge in [0, 0.05) is 13.1 Å². The van der Waals surface area contributed by atoms with E-state index in [1.54, 1.807) is 4.90 Å². The summed E-state index contributed by atoms with van der Waals surface area (Å²) in [7, 11) is 0. The Kier molecular flexibility index (Phi) is 2.93. The van der Waals surface area contributed by atoms with Gasteiger partial charge in [-0.2, -0.15) is 4.98 Å². The van der Waals surface area contributed by atoms with Crippen molar-refractivity contribution in [1.29, 1.82) is 0 Å². The smallest absolute Gasteiger partial charge is 0.295 e. The van der Waals surface area contributed by atoms with E-state index in [-0.39, 0.29) is 24.2 Å². The van der Waals surface area contributed by atoms with Crippen LogP contribution in [0.1, 0.15) is 16.5 Å². The van der Waals surface area contributed by atoms with Crippen LogP contribution in [-0.2, 0) is 11.3 Å². The normalized spacial score (nSPS) is 16.7. The number of amides is 1. The minimum Gasteiger partial charge on any atom is -0.378 e. The van der Waals surface area contributed by atoms with Gasteiger partial charge < -0.3 is 19.9 Å². The highest BCUT2D eigenvalue weighted by Gasteiger charge is 2.22. The van der Waals surface area contributed by atoms with Gasteiger partial charge >= 0.3 is 0 Å². The molecule has 0 atom stereocenters. The summed E-state index contributed by atoms with van der Waals surface area (Å²) < 4.78 is 9.89. The van der Waals surface area contributed by atoms with Crippen molar-refractivity contribution in [2.75, 3.05) is 26.3 Å². The fraction of sp³-hybridized carbons (Fsp3) is 0.625. The lowest BCUT2D eigenvalue weighted by Crippen LogP contribution is -2.41. The zero-order valence-electron chi connectivity index (χ0n) is 8.18. The largest absolute Gasteiger partial charge is 0.378 e. The van der Waals surface area contributed by atoms with Crippen molar-refractivity contribution in [1.82, 2.24) is 15.0 Å². The van der Waals surface area contributed by atoms with Gasteiger partial charge in [-0.1, -0.05) is 5.16 Å². The molecule has 0 aliphatic carbocycles. The Bertz CT molecular complexity index is 345. The predicted octanol–water partition coefficient (Wildman–Crippen LogP) is -0.999. The second-order valence-corrected chi connectivity index (χ2v) is 3.12. The van der Waals surface area contributed by atoms with Gasteiger partial charge in [-0.15, -0.1) is 0 Å². The fourth-order valence-electron chi connectivity index (χ4n) is 1.33. The van der Waals surface area contributed by atoms with Crippen LogP contribution >= 0.6 is 0 Å². The number of ether oxygens (including phenoxy) is 1. The third kappa shape index (κ3) is 2.13. The predicted molar refractivity (Wildman–Crippen MR) is 48.9 cm³/mol. The van der Waals surface area contributed by atoms with Gasteiger partial charge in [0.2, 0.25) is 5.89 Å². The first-order valence-corrected chi connectivity index (χ1v) is 4.71. The van der Waals surface area contributed by atoms with E-state index < -0.39 is 0 Å². The Morgan fingerprint density at radius 1 is 1.47 bits per heavy atom. The quantitative estimate of drug-likeness (QED) is 0.675. The second kappa shape index (κ2) is 4.37. The van der Waals surface area contributed by atoms with Crippen LogP contribution in [0.2, 0.25) is 0 Å². The average Bonchev–Trinajstić information content (AvgIpc) is 2.78. The zero-order valence-corrected chi connectivity index (χ0v) is 8.18. The van der Waals surface area contributed by atoms with E-state index in [0.29, 0.717) is 26.3 Å². The van der Waals surface area contributed by atoms with Crippen molar-refractivity contribution in [2.24, 2.45) is 5.73 Å². The minimum atomic E-state index is -0.234. The summed E-state index contributed by atoms with van der Waals surface area (Å²) in [5.74, 6) is 0.103. The third-order valence-corrected chi connectivity index (χ3v) is 2.13. The lowest BCUT2D eigenvalue weighted by molar-refractivity contribution is 0.0293. The molecule has 7 nitrogen and oxygen atoms in total. The highest BCUT2D eigenvalue weighted by molar-refractivity contribution is 5.90. The molecule has 2 N–H and O–H groups in total. The maximum Gasteiger partial charge on any atom is 0.295 e. The van der Waals surface area contributed by atoms with E-state index in [2.05, 4.69) is 10.1 Å². The van der Waals surface area contributed by atoms with Gasteiger partial charge in [0.25, 0.3) is 11.7 Å². The molecule has 0 bridgehead atoms. The van der Waals surface area contributed by atoms with E-state index in [9.17, 15) is 4.79 Å². The molecule has 1 fully saturated rings. The summed E-state index contributed by atoms with van der Waals surface area (Å²) in [5.41, 5.74) is 5.30. The van der Waals surface area contributed by atoms with Crippen LogP contribution in [0.25, 0.3) is 0 Å². The molecule has 82 valence electrons. The highest BCUT2D eigenvalue weighted by Crippen LogP contribution is 2.04. The van der Waals surface area contributed by atoms with Gasteiger partial charge in [0.15, 0.2) is 0 Å². The van der Waals surface area contributed by atoms with Crippen molar-refractivity contribution >= 4 is 5.91 Å². The topological polar surface area (TPSA) is 94.5 Å². The van der Waals surface area contributed by atoms with E-state index >= 15 is 0 Å². The highest BCUT2D eigenvalue weighted by atomic mass is 16.5. The molecule has 1 aromatic rings. The van der Waals surface area contributed by atoms with Crippen LogP contribution in [-0.4, -0.2) is 47.3 Å². The number of hydrogen-bond acceptors (Lipinski definition) is 6. The fourth-order valence-corrected chi connectivity index (χ4v) is 1.33. The van der Waals surface area contributed by atoms with E-state index in [1.165, 1.54) is 0 Å². The number of nitrogens with two attached hydrogens (primary N) is 1. The first kappa shape index (κ1) is 10.1. The molecular weight excluding hydrogens is 200 g/mol. The minimum absolute atomic E-state index is 0.0670.